The van der Waals surface area contributed by atoms with E-state index >= 15 is 0 Å². The lowest BCUT2D eigenvalue weighted by molar-refractivity contribution is 0.0695. The fourth-order valence-electron chi connectivity index (χ4n) is 1.42. The first kappa shape index (κ1) is 12.0. The van der Waals surface area contributed by atoms with Crippen LogP contribution in [-0.4, -0.2) is 17.1 Å². The number of benzene rings is 1. The summed E-state index contributed by atoms with van der Waals surface area (Å²) >= 11 is 0. The summed E-state index contributed by atoms with van der Waals surface area (Å²) in [6.07, 6.45) is 2.43. The molecule has 1 aliphatic rings. The number of hydrogen-bond donors (Lipinski definition) is 2. The summed E-state index contributed by atoms with van der Waals surface area (Å²) < 4.78 is 0. The van der Waals surface area contributed by atoms with E-state index in [4.69, 9.17) is 5.11 Å². The highest BCUT2D eigenvalue weighted by Crippen LogP contribution is 2.19. The van der Waals surface area contributed by atoms with Gasteiger partial charge in [0.05, 0.1) is 5.56 Å². The maximum absolute atomic E-state index is 10.9. The molecule has 1 saturated carbocycles. The number of carboxylic acid groups (broad SMARTS) is 1. The van der Waals surface area contributed by atoms with Gasteiger partial charge in [0.25, 0.3) is 0 Å². The minimum Gasteiger partial charge on any atom is -0.478 e. The fraction of sp³-hybridized carbons (Fsp3) is 0.364. The van der Waals surface area contributed by atoms with Crippen molar-refractivity contribution in [3.05, 3.63) is 35.4 Å². The lowest BCUT2D eigenvalue weighted by Crippen LogP contribution is -2.17. The topological polar surface area (TPSA) is 49.3 Å². The summed E-state index contributed by atoms with van der Waals surface area (Å²) in [5, 5.41) is 12.2. The molecule has 0 spiro atoms. The number of carboxylic acids is 1. The molecule has 2 rings (SSSR count). The Morgan fingerprint density at radius 3 is 2.67 bits per heavy atom. The second kappa shape index (κ2) is 5.14. The van der Waals surface area contributed by atoms with E-state index in [0.29, 0.717) is 18.2 Å². The Kier molecular flexibility index (Phi) is 4.12. The molecule has 2 N–H and O–H groups in total. The Labute approximate surface area is 94.9 Å². The summed E-state index contributed by atoms with van der Waals surface area (Å²) in [6.45, 7) is 0.660. The molecule has 0 heterocycles. The third kappa shape index (κ3) is 3.22. The largest absolute Gasteiger partial charge is 0.478 e. The van der Waals surface area contributed by atoms with Crippen LogP contribution in [0.5, 0.6) is 0 Å². The van der Waals surface area contributed by atoms with Gasteiger partial charge in [0.2, 0.25) is 0 Å². The summed E-state index contributed by atoms with van der Waals surface area (Å²) in [6, 6.07) is 7.74. The number of halogens is 1. The molecule has 0 bridgehead atoms. The molecule has 15 heavy (non-hydrogen) atoms. The predicted octanol–water partition coefficient (Wildman–Crippen LogP) is 2.06. The number of hydrogen-bond acceptors (Lipinski definition) is 2. The van der Waals surface area contributed by atoms with Gasteiger partial charge in [-0.1, -0.05) is 18.2 Å². The first-order valence-corrected chi connectivity index (χ1v) is 4.82. The van der Waals surface area contributed by atoms with E-state index in [2.05, 4.69) is 5.32 Å². The summed E-state index contributed by atoms with van der Waals surface area (Å²) in [5.74, 6) is -0.849. The smallest absolute Gasteiger partial charge is 0.336 e. The molecule has 0 unspecified atom stereocenters. The van der Waals surface area contributed by atoms with Crippen LogP contribution < -0.4 is 5.32 Å². The van der Waals surface area contributed by atoms with Crippen molar-refractivity contribution in [1.82, 2.24) is 5.32 Å². The number of rotatable bonds is 4. The highest BCUT2D eigenvalue weighted by Gasteiger charge is 2.20. The van der Waals surface area contributed by atoms with Crippen LogP contribution in [0.3, 0.4) is 0 Å². The van der Waals surface area contributed by atoms with E-state index < -0.39 is 5.97 Å². The van der Waals surface area contributed by atoms with E-state index in [9.17, 15) is 4.79 Å². The quantitative estimate of drug-likeness (QED) is 0.828. The van der Waals surface area contributed by atoms with E-state index in [1.54, 1.807) is 12.1 Å². The molecule has 0 saturated heterocycles. The van der Waals surface area contributed by atoms with Crippen molar-refractivity contribution in [3.8, 4) is 0 Å². The average molecular weight is 228 g/mol. The highest BCUT2D eigenvalue weighted by molar-refractivity contribution is 5.89. The Balaban J connectivity index is 0.00000112. The van der Waals surface area contributed by atoms with Gasteiger partial charge < -0.3 is 10.4 Å². The normalized spacial score (nSPS) is 14.4. The number of nitrogens with one attached hydrogen (secondary N) is 1. The van der Waals surface area contributed by atoms with Crippen LogP contribution in [0.2, 0.25) is 0 Å². The monoisotopic (exact) mass is 227 g/mol. The molecular weight excluding hydrogens is 214 g/mol. The van der Waals surface area contributed by atoms with Crippen LogP contribution in [-0.2, 0) is 6.54 Å². The van der Waals surface area contributed by atoms with Gasteiger partial charge in [-0.05, 0) is 24.5 Å². The van der Waals surface area contributed by atoms with E-state index in [1.165, 1.54) is 12.8 Å². The zero-order valence-electron chi connectivity index (χ0n) is 8.27. The minimum atomic E-state index is -0.849. The van der Waals surface area contributed by atoms with Gasteiger partial charge in [0.1, 0.15) is 0 Å². The molecule has 1 aromatic carbocycles. The Morgan fingerprint density at radius 2 is 2.07 bits per heavy atom. The van der Waals surface area contributed by atoms with Gasteiger partial charge in [-0.25, -0.2) is 4.79 Å². The molecule has 4 heteroatoms. The molecule has 3 nitrogen and oxygen atoms in total. The first-order chi connectivity index (χ1) is 6.77. The molecule has 0 atom stereocenters. The second-order valence-electron chi connectivity index (χ2n) is 3.62. The SMILES string of the molecule is Cl.O=C(O)c1ccccc1CNC1CC1. The lowest BCUT2D eigenvalue weighted by Gasteiger charge is -2.06. The van der Waals surface area contributed by atoms with E-state index in [0.717, 1.165) is 5.56 Å². The second-order valence-corrected chi connectivity index (χ2v) is 3.62. The molecule has 0 amide bonds. The van der Waals surface area contributed by atoms with Crippen molar-refractivity contribution in [1.29, 1.82) is 0 Å². The number of carbonyl (C=O) groups is 1. The minimum absolute atomic E-state index is 0. The standard InChI is InChI=1S/C11H13NO2.ClH/c13-11(14)10-4-2-1-3-8(10)7-12-9-5-6-9;/h1-4,9,12H,5-7H2,(H,13,14);1H. The van der Waals surface area contributed by atoms with E-state index in [-0.39, 0.29) is 12.4 Å². The predicted molar refractivity (Wildman–Crippen MR) is 60.5 cm³/mol. The molecule has 0 radical (unpaired) electrons. The molecule has 82 valence electrons. The van der Waals surface area contributed by atoms with Gasteiger partial charge in [0.15, 0.2) is 0 Å². The summed E-state index contributed by atoms with van der Waals surface area (Å²) in [7, 11) is 0. The van der Waals surface area contributed by atoms with Gasteiger partial charge in [0, 0.05) is 12.6 Å². The Morgan fingerprint density at radius 1 is 1.40 bits per heavy atom. The molecule has 1 aliphatic carbocycles. The van der Waals surface area contributed by atoms with E-state index in [1.807, 2.05) is 12.1 Å². The zero-order chi connectivity index (χ0) is 9.97. The van der Waals surface area contributed by atoms with Crippen molar-refractivity contribution in [2.75, 3.05) is 0 Å². The maximum Gasteiger partial charge on any atom is 0.336 e. The molecular formula is C11H14ClNO2. The Hall–Kier alpha value is -1.06. The van der Waals surface area contributed by atoms with Crippen LogP contribution in [0, 0.1) is 0 Å². The third-order valence-electron chi connectivity index (χ3n) is 2.41. The summed E-state index contributed by atoms with van der Waals surface area (Å²) in [5.41, 5.74) is 1.27. The van der Waals surface area contributed by atoms with Crippen molar-refractivity contribution in [2.24, 2.45) is 0 Å². The molecule has 0 aromatic heterocycles. The van der Waals surface area contributed by atoms with Crippen molar-refractivity contribution in [3.63, 3.8) is 0 Å². The van der Waals surface area contributed by atoms with Gasteiger partial charge >= 0.3 is 5.97 Å². The zero-order valence-corrected chi connectivity index (χ0v) is 9.09. The van der Waals surface area contributed by atoms with Crippen molar-refractivity contribution < 1.29 is 9.90 Å². The lowest BCUT2D eigenvalue weighted by atomic mass is 10.1. The molecule has 1 aromatic rings. The van der Waals surface area contributed by atoms with Crippen LogP contribution in [0.4, 0.5) is 0 Å². The number of aromatic carboxylic acids is 1. The van der Waals surface area contributed by atoms with Gasteiger partial charge in [-0.3, -0.25) is 0 Å². The molecule has 0 aliphatic heterocycles. The van der Waals surface area contributed by atoms with Crippen LogP contribution >= 0.6 is 12.4 Å². The van der Waals surface area contributed by atoms with Crippen molar-refractivity contribution >= 4 is 18.4 Å². The van der Waals surface area contributed by atoms with Gasteiger partial charge in [-0.15, -0.1) is 12.4 Å². The third-order valence-corrected chi connectivity index (χ3v) is 2.41. The maximum atomic E-state index is 10.9. The van der Waals surface area contributed by atoms with Crippen molar-refractivity contribution in [2.45, 2.75) is 25.4 Å². The highest BCUT2D eigenvalue weighted by atomic mass is 35.5. The molecule has 1 fully saturated rings. The van der Waals surface area contributed by atoms with Crippen LogP contribution in [0.15, 0.2) is 24.3 Å². The Bertz CT molecular complexity index is 350. The van der Waals surface area contributed by atoms with Gasteiger partial charge in [-0.2, -0.15) is 0 Å². The van der Waals surface area contributed by atoms with Crippen LogP contribution in [0.1, 0.15) is 28.8 Å². The summed E-state index contributed by atoms with van der Waals surface area (Å²) in [4.78, 5) is 10.9. The van der Waals surface area contributed by atoms with Crippen LogP contribution in [0.25, 0.3) is 0 Å². The first-order valence-electron chi connectivity index (χ1n) is 4.82. The average Bonchev–Trinajstić information content (AvgIpc) is 2.98. The fourth-order valence-corrected chi connectivity index (χ4v) is 1.42.